The van der Waals surface area contributed by atoms with Gasteiger partial charge in [-0.25, -0.2) is 0 Å². The van der Waals surface area contributed by atoms with E-state index in [4.69, 9.17) is 14.2 Å². The molecule has 0 spiro atoms. The standard InChI is InChI=1S/C20H19Br2NO3/c1-4-7-26-20-16(21)9-13(10-17(20)22)8-15(12-23)14-5-6-18(24-2)19(11-14)25-3/h5-6,8-11H,4,7H2,1-3H3/b15-8+. The van der Waals surface area contributed by atoms with E-state index in [0.29, 0.717) is 23.7 Å². The van der Waals surface area contributed by atoms with Gasteiger partial charge in [-0.2, -0.15) is 5.26 Å². The highest BCUT2D eigenvalue weighted by Crippen LogP contribution is 2.36. The van der Waals surface area contributed by atoms with Gasteiger partial charge in [0.25, 0.3) is 0 Å². The molecule has 0 N–H and O–H groups in total. The van der Waals surface area contributed by atoms with Crippen LogP contribution in [-0.2, 0) is 0 Å². The molecule has 0 aliphatic heterocycles. The van der Waals surface area contributed by atoms with Gasteiger partial charge in [0.05, 0.1) is 41.4 Å². The van der Waals surface area contributed by atoms with Gasteiger partial charge in [-0.1, -0.05) is 6.92 Å². The van der Waals surface area contributed by atoms with E-state index in [-0.39, 0.29) is 0 Å². The Kier molecular flexibility index (Phi) is 7.55. The highest BCUT2D eigenvalue weighted by atomic mass is 79.9. The van der Waals surface area contributed by atoms with E-state index < -0.39 is 0 Å². The van der Waals surface area contributed by atoms with Crippen molar-refractivity contribution < 1.29 is 14.2 Å². The largest absolute Gasteiger partial charge is 0.493 e. The lowest BCUT2D eigenvalue weighted by Crippen LogP contribution is -1.97. The highest BCUT2D eigenvalue weighted by molar-refractivity contribution is 9.11. The molecule has 0 saturated heterocycles. The third-order valence-electron chi connectivity index (χ3n) is 3.60. The number of methoxy groups -OCH3 is 2. The summed E-state index contributed by atoms with van der Waals surface area (Å²) in [4.78, 5) is 0. The van der Waals surface area contributed by atoms with Crippen molar-refractivity contribution in [2.75, 3.05) is 20.8 Å². The Balaban J connectivity index is 2.42. The number of benzene rings is 2. The summed E-state index contributed by atoms with van der Waals surface area (Å²) < 4.78 is 18.0. The maximum atomic E-state index is 9.60. The molecule has 0 aliphatic rings. The minimum absolute atomic E-state index is 0.520. The number of halogens is 2. The Morgan fingerprint density at radius 2 is 1.73 bits per heavy atom. The molecule has 0 aliphatic carbocycles. The van der Waals surface area contributed by atoms with Crippen LogP contribution in [0.25, 0.3) is 11.6 Å². The lowest BCUT2D eigenvalue weighted by molar-refractivity contribution is 0.313. The topological polar surface area (TPSA) is 51.5 Å². The van der Waals surface area contributed by atoms with Crippen molar-refractivity contribution in [3.63, 3.8) is 0 Å². The Bertz CT molecular complexity index is 834. The zero-order chi connectivity index (χ0) is 19.1. The Morgan fingerprint density at radius 3 is 2.27 bits per heavy atom. The molecule has 4 nitrogen and oxygen atoms in total. The number of ether oxygens (including phenoxy) is 3. The molecule has 6 heteroatoms. The first kappa shape index (κ1) is 20.3. The van der Waals surface area contributed by atoms with Gasteiger partial charge in [-0.15, -0.1) is 0 Å². The molecule has 2 aromatic rings. The summed E-state index contributed by atoms with van der Waals surface area (Å²) in [5, 5.41) is 9.60. The Labute approximate surface area is 170 Å². The molecule has 0 fully saturated rings. The van der Waals surface area contributed by atoms with Gasteiger partial charge in [0.2, 0.25) is 0 Å². The lowest BCUT2D eigenvalue weighted by atomic mass is 10.0. The van der Waals surface area contributed by atoms with Crippen LogP contribution < -0.4 is 14.2 Å². The third kappa shape index (κ3) is 4.80. The van der Waals surface area contributed by atoms with Gasteiger partial charge in [0, 0.05) is 0 Å². The number of rotatable bonds is 7. The van der Waals surface area contributed by atoms with Crippen LogP contribution in [0.5, 0.6) is 17.2 Å². The molecular formula is C20H19Br2NO3. The fourth-order valence-electron chi connectivity index (χ4n) is 2.36. The van der Waals surface area contributed by atoms with Crippen LogP contribution in [0.2, 0.25) is 0 Å². The van der Waals surface area contributed by atoms with Crippen molar-refractivity contribution >= 4 is 43.5 Å². The summed E-state index contributed by atoms with van der Waals surface area (Å²) in [5.41, 5.74) is 2.15. The normalized spacial score (nSPS) is 11.0. The molecule has 0 saturated carbocycles. The van der Waals surface area contributed by atoms with Crippen LogP contribution in [0.3, 0.4) is 0 Å². The third-order valence-corrected chi connectivity index (χ3v) is 4.78. The fourth-order valence-corrected chi connectivity index (χ4v) is 3.81. The number of nitriles is 1. The van der Waals surface area contributed by atoms with Gasteiger partial charge in [-0.3, -0.25) is 0 Å². The Morgan fingerprint density at radius 1 is 1.08 bits per heavy atom. The molecule has 0 unspecified atom stereocenters. The van der Waals surface area contributed by atoms with Crippen molar-refractivity contribution in [2.45, 2.75) is 13.3 Å². The summed E-state index contributed by atoms with van der Waals surface area (Å²) in [6.45, 7) is 2.70. The second-order valence-electron chi connectivity index (χ2n) is 5.40. The van der Waals surface area contributed by atoms with Gasteiger partial charge in [0.1, 0.15) is 5.75 Å². The summed E-state index contributed by atoms with van der Waals surface area (Å²) in [5.74, 6) is 1.96. The van der Waals surface area contributed by atoms with E-state index in [1.54, 1.807) is 26.4 Å². The maximum Gasteiger partial charge on any atom is 0.161 e. The molecule has 0 amide bonds. The first-order valence-corrected chi connectivity index (χ1v) is 9.58. The van der Waals surface area contributed by atoms with E-state index >= 15 is 0 Å². The maximum absolute atomic E-state index is 9.60. The minimum Gasteiger partial charge on any atom is -0.493 e. The summed E-state index contributed by atoms with van der Waals surface area (Å²) >= 11 is 7.07. The molecule has 0 radical (unpaired) electrons. The molecule has 26 heavy (non-hydrogen) atoms. The predicted octanol–water partition coefficient (Wildman–Crippen LogP) is 6.08. The van der Waals surface area contributed by atoms with E-state index in [9.17, 15) is 5.26 Å². The molecule has 2 rings (SSSR count). The number of allylic oxidation sites excluding steroid dienone is 1. The van der Waals surface area contributed by atoms with Crippen molar-refractivity contribution in [2.24, 2.45) is 0 Å². The Hall–Kier alpha value is -1.97. The summed E-state index contributed by atoms with van der Waals surface area (Å²) in [6, 6.07) is 11.5. The van der Waals surface area contributed by atoms with Gasteiger partial charge < -0.3 is 14.2 Å². The number of hydrogen-bond acceptors (Lipinski definition) is 4. The van der Waals surface area contributed by atoms with Crippen molar-refractivity contribution in [1.82, 2.24) is 0 Å². The van der Waals surface area contributed by atoms with Crippen LogP contribution in [0.4, 0.5) is 0 Å². The molecule has 0 bridgehead atoms. The van der Waals surface area contributed by atoms with Gasteiger partial charge in [-0.05, 0) is 85.8 Å². The highest BCUT2D eigenvalue weighted by Gasteiger charge is 2.11. The van der Waals surface area contributed by atoms with Crippen LogP contribution in [-0.4, -0.2) is 20.8 Å². The first-order valence-electron chi connectivity index (χ1n) is 8.00. The molecule has 2 aromatic carbocycles. The van der Waals surface area contributed by atoms with Crippen LogP contribution >= 0.6 is 31.9 Å². The van der Waals surface area contributed by atoms with Crippen molar-refractivity contribution in [1.29, 1.82) is 5.26 Å². The van der Waals surface area contributed by atoms with E-state index in [2.05, 4.69) is 44.9 Å². The predicted molar refractivity (Wildman–Crippen MR) is 111 cm³/mol. The zero-order valence-electron chi connectivity index (χ0n) is 14.8. The minimum atomic E-state index is 0.520. The zero-order valence-corrected chi connectivity index (χ0v) is 18.0. The number of nitrogens with zero attached hydrogens (tertiary/aromatic N) is 1. The first-order chi connectivity index (χ1) is 12.5. The van der Waals surface area contributed by atoms with Crippen LogP contribution in [0.1, 0.15) is 24.5 Å². The molecular weight excluding hydrogens is 462 g/mol. The quantitative estimate of drug-likeness (QED) is 0.355. The smallest absolute Gasteiger partial charge is 0.161 e. The molecule has 0 atom stereocenters. The second-order valence-corrected chi connectivity index (χ2v) is 7.11. The van der Waals surface area contributed by atoms with E-state index in [1.807, 2.05) is 24.3 Å². The van der Waals surface area contributed by atoms with Gasteiger partial charge in [0.15, 0.2) is 11.5 Å². The van der Waals surface area contributed by atoms with Crippen molar-refractivity contribution in [3.8, 4) is 23.3 Å². The van der Waals surface area contributed by atoms with Crippen LogP contribution in [0, 0.1) is 11.3 Å². The van der Waals surface area contributed by atoms with Crippen LogP contribution in [0.15, 0.2) is 39.3 Å². The lowest BCUT2D eigenvalue weighted by Gasteiger charge is -2.11. The average Bonchev–Trinajstić information content (AvgIpc) is 2.65. The number of hydrogen-bond donors (Lipinski definition) is 0. The monoisotopic (exact) mass is 479 g/mol. The SMILES string of the molecule is CCCOc1c(Br)cc(/C=C(\C#N)c2ccc(OC)c(OC)c2)cc1Br. The fraction of sp³-hybridized carbons (Fsp3) is 0.250. The molecule has 0 aromatic heterocycles. The average molecular weight is 481 g/mol. The van der Waals surface area contributed by atoms with Crippen molar-refractivity contribution in [3.05, 3.63) is 50.4 Å². The molecule has 136 valence electrons. The summed E-state index contributed by atoms with van der Waals surface area (Å²) in [6.07, 6.45) is 2.75. The second kappa shape index (κ2) is 9.65. The van der Waals surface area contributed by atoms with E-state index in [1.165, 1.54) is 0 Å². The molecule has 0 heterocycles. The van der Waals surface area contributed by atoms with Gasteiger partial charge >= 0.3 is 0 Å². The summed E-state index contributed by atoms with van der Waals surface area (Å²) in [7, 11) is 3.15. The van der Waals surface area contributed by atoms with E-state index in [0.717, 1.165) is 32.2 Å².